The predicted octanol–water partition coefficient (Wildman–Crippen LogP) is 3.31. The zero-order chi connectivity index (χ0) is 27.1. The number of aromatic nitrogens is 3. The summed E-state index contributed by atoms with van der Waals surface area (Å²) in [5.41, 5.74) is 2.99. The van der Waals surface area contributed by atoms with Crippen molar-refractivity contribution in [3.05, 3.63) is 52.4 Å². The Morgan fingerprint density at radius 1 is 0.949 bits per heavy atom. The van der Waals surface area contributed by atoms with Gasteiger partial charge in [-0.3, -0.25) is 14.2 Å². The van der Waals surface area contributed by atoms with Crippen molar-refractivity contribution in [3.63, 3.8) is 0 Å². The van der Waals surface area contributed by atoms with E-state index in [1.54, 1.807) is 22.6 Å². The van der Waals surface area contributed by atoms with E-state index in [-0.39, 0.29) is 29.6 Å². The van der Waals surface area contributed by atoms with Crippen molar-refractivity contribution in [2.24, 2.45) is 0 Å². The van der Waals surface area contributed by atoms with Gasteiger partial charge in [-0.25, -0.2) is 9.78 Å². The second kappa shape index (κ2) is 10.3. The number of hydrogen-bond acceptors (Lipinski definition) is 6. The second-order valence-electron chi connectivity index (χ2n) is 11.1. The number of hydrogen-bond donors (Lipinski definition) is 2. The maximum absolute atomic E-state index is 14.0. The molecule has 2 aromatic heterocycles. The molecule has 3 amide bonds. The molecule has 0 bridgehead atoms. The zero-order valence-corrected chi connectivity index (χ0v) is 22.5. The Morgan fingerprint density at radius 3 is 2.38 bits per heavy atom. The number of rotatable bonds is 5. The molecule has 2 N–H and O–H groups in total. The number of pyridine rings is 1. The number of urea groups is 1. The van der Waals surface area contributed by atoms with E-state index in [1.807, 2.05) is 42.2 Å². The molecule has 0 spiro atoms. The predicted molar refractivity (Wildman–Crippen MR) is 150 cm³/mol. The SMILES string of the molecule is CC(=O)N1CC[C@H](n2c(=O)c(-c3ccccc3C)cc3cnc(NC4CCN(C(=O)NC5CC5)CC4)nc32)C1. The van der Waals surface area contributed by atoms with Gasteiger partial charge >= 0.3 is 6.03 Å². The van der Waals surface area contributed by atoms with Crippen LogP contribution in [0, 0.1) is 6.92 Å². The van der Waals surface area contributed by atoms with Crippen LogP contribution in [0.5, 0.6) is 0 Å². The number of amides is 3. The van der Waals surface area contributed by atoms with E-state index in [1.165, 1.54) is 0 Å². The summed E-state index contributed by atoms with van der Waals surface area (Å²) in [6.07, 6.45) is 6.23. The first-order valence-corrected chi connectivity index (χ1v) is 13.9. The summed E-state index contributed by atoms with van der Waals surface area (Å²) < 4.78 is 1.78. The molecule has 1 saturated carbocycles. The van der Waals surface area contributed by atoms with E-state index in [0.717, 1.165) is 42.2 Å². The number of likely N-dealkylation sites (tertiary alicyclic amines) is 2. The average molecular weight is 530 g/mol. The summed E-state index contributed by atoms with van der Waals surface area (Å²) in [5.74, 6) is 0.487. The number of benzene rings is 1. The highest BCUT2D eigenvalue weighted by Crippen LogP contribution is 2.29. The third-order valence-corrected chi connectivity index (χ3v) is 8.20. The summed E-state index contributed by atoms with van der Waals surface area (Å²) in [5, 5.41) is 7.29. The molecule has 10 nitrogen and oxygen atoms in total. The Balaban J connectivity index is 1.30. The van der Waals surface area contributed by atoms with Gasteiger partial charge in [0.15, 0.2) is 0 Å². The molecule has 3 aromatic rings. The van der Waals surface area contributed by atoms with Gasteiger partial charge in [0.1, 0.15) is 5.65 Å². The molecule has 10 heteroatoms. The largest absolute Gasteiger partial charge is 0.351 e. The fourth-order valence-corrected chi connectivity index (χ4v) is 5.74. The van der Waals surface area contributed by atoms with Crippen LogP contribution in [-0.4, -0.2) is 74.5 Å². The van der Waals surface area contributed by atoms with Gasteiger partial charge in [0.25, 0.3) is 5.56 Å². The molecule has 0 radical (unpaired) electrons. The van der Waals surface area contributed by atoms with Gasteiger partial charge in [-0.15, -0.1) is 0 Å². The summed E-state index contributed by atoms with van der Waals surface area (Å²) in [6.45, 7) is 6.02. The Bertz CT molecular complexity index is 1470. The average Bonchev–Trinajstić information content (AvgIpc) is 3.61. The van der Waals surface area contributed by atoms with E-state index in [9.17, 15) is 14.4 Å². The van der Waals surface area contributed by atoms with E-state index in [0.29, 0.717) is 55.8 Å². The van der Waals surface area contributed by atoms with Crippen LogP contribution < -0.4 is 16.2 Å². The minimum absolute atomic E-state index is 0.0130. The van der Waals surface area contributed by atoms with E-state index >= 15 is 0 Å². The van der Waals surface area contributed by atoms with Crippen molar-refractivity contribution < 1.29 is 9.59 Å². The lowest BCUT2D eigenvalue weighted by atomic mass is 10.0. The molecule has 1 aliphatic carbocycles. The molecule has 2 saturated heterocycles. The molecule has 0 unspecified atom stereocenters. The lowest BCUT2D eigenvalue weighted by Gasteiger charge is -2.32. The molecular formula is C29H35N7O3. The first-order chi connectivity index (χ1) is 18.9. The fraction of sp³-hybridized carbons (Fsp3) is 0.483. The van der Waals surface area contributed by atoms with Gasteiger partial charge in [-0.1, -0.05) is 24.3 Å². The van der Waals surface area contributed by atoms with Crippen molar-refractivity contribution >= 4 is 28.9 Å². The van der Waals surface area contributed by atoms with E-state index in [4.69, 9.17) is 4.98 Å². The molecule has 1 aromatic carbocycles. The van der Waals surface area contributed by atoms with Crippen LogP contribution in [0.3, 0.4) is 0 Å². The van der Waals surface area contributed by atoms with Gasteiger partial charge in [-0.05, 0) is 56.2 Å². The molecule has 2 aliphatic heterocycles. The monoisotopic (exact) mass is 529 g/mol. The number of nitrogens with one attached hydrogen (secondary N) is 2. The fourth-order valence-electron chi connectivity index (χ4n) is 5.74. The van der Waals surface area contributed by atoms with Crippen molar-refractivity contribution in [3.8, 4) is 11.1 Å². The molecule has 1 atom stereocenters. The molecular weight excluding hydrogens is 494 g/mol. The van der Waals surface area contributed by atoms with Crippen LogP contribution in [-0.2, 0) is 4.79 Å². The first kappa shape index (κ1) is 25.3. The van der Waals surface area contributed by atoms with Crippen LogP contribution in [0.4, 0.5) is 10.7 Å². The Labute approximate surface area is 227 Å². The van der Waals surface area contributed by atoms with Gasteiger partial charge in [0.05, 0.1) is 6.04 Å². The Morgan fingerprint density at radius 2 is 1.69 bits per heavy atom. The third kappa shape index (κ3) is 5.20. The number of nitrogens with zero attached hydrogens (tertiary/aromatic N) is 5. The molecule has 39 heavy (non-hydrogen) atoms. The second-order valence-corrected chi connectivity index (χ2v) is 11.1. The van der Waals surface area contributed by atoms with Crippen LogP contribution in [0.1, 0.15) is 50.6 Å². The quantitative estimate of drug-likeness (QED) is 0.525. The number of anilines is 1. The van der Waals surface area contributed by atoms with Crippen LogP contribution in [0.15, 0.2) is 41.3 Å². The number of aryl methyl sites for hydroxylation is 1. The normalized spacial score (nSPS) is 19.9. The smallest absolute Gasteiger partial charge is 0.317 e. The molecule has 6 rings (SSSR count). The van der Waals surface area contributed by atoms with Crippen LogP contribution >= 0.6 is 0 Å². The van der Waals surface area contributed by atoms with E-state index in [2.05, 4.69) is 15.6 Å². The Kier molecular flexibility index (Phi) is 6.70. The van der Waals surface area contributed by atoms with Gasteiger partial charge in [0.2, 0.25) is 11.9 Å². The molecule has 4 heterocycles. The topological polar surface area (TPSA) is 112 Å². The summed E-state index contributed by atoms with van der Waals surface area (Å²) in [7, 11) is 0. The van der Waals surface area contributed by atoms with Crippen molar-refractivity contribution in [1.82, 2.24) is 29.7 Å². The maximum atomic E-state index is 14.0. The summed E-state index contributed by atoms with van der Waals surface area (Å²) in [6, 6.07) is 10.1. The molecule has 3 aliphatic rings. The minimum Gasteiger partial charge on any atom is -0.351 e. The highest BCUT2D eigenvalue weighted by atomic mass is 16.2. The molecule has 204 valence electrons. The van der Waals surface area contributed by atoms with Crippen molar-refractivity contribution in [2.75, 3.05) is 31.5 Å². The van der Waals surface area contributed by atoms with Crippen LogP contribution in [0.25, 0.3) is 22.2 Å². The summed E-state index contributed by atoms with van der Waals surface area (Å²) >= 11 is 0. The zero-order valence-electron chi connectivity index (χ0n) is 22.5. The maximum Gasteiger partial charge on any atom is 0.317 e. The third-order valence-electron chi connectivity index (χ3n) is 8.20. The lowest BCUT2D eigenvalue weighted by molar-refractivity contribution is -0.127. The first-order valence-electron chi connectivity index (χ1n) is 13.9. The van der Waals surface area contributed by atoms with Gasteiger partial charge in [0, 0.05) is 62.3 Å². The standard InChI is InChI=1S/C29H35N7O3/c1-18-5-3-4-6-24(18)25-15-20-16-30-28(31-22-9-12-34(13-10-22)29(39)32-21-7-8-21)33-26(20)36(27(25)38)23-11-14-35(17-23)19(2)37/h3-6,15-16,21-23H,7-14,17H2,1-2H3,(H,32,39)(H,30,31,33)/t23-/m0/s1. The van der Waals surface area contributed by atoms with Crippen LogP contribution in [0.2, 0.25) is 0 Å². The van der Waals surface area contributed by atoms with Crippen molar-refractivity contribution in [1.29, 1.82) is 0 Å². The molecule has 3 fully saturated rings. The highest BCUT2D eigenvalue weighted by Gasteiger charge is 2.30. The minimum atomic E-state index is -0.163. The van der Waals surface area contributed by atoms with Crippen molar-refractivity contribution in [2.45, 2.75) is 64.1 Å². The lowest BCUT2D eigenvalue weighted by Crippen LogP contribution is -2.47. The van der Waals surface area contributed by atoms with E-state index < -0.39 is 0 Å². The number of fused-ring (bicyclic) bond motifs is 1. The van der Waals surface area contributed by atoms with Gasteiger partial charge in [-0.2, -0.15) is 4.98 Å². The Hall–Kier alpha value is -3.95. The van der Waals surface area contributed by atoms with Gasteiger partial charge < -0.3 is 20.4 Å². The number of piperidine rings is 1. The highest BCUT2D eigenvalue weighted by molar-refractivity contribution is 5.82. The number of carbonyl (C=O) groups is 2. The number of carbonyl (C=O) groups excluding carboxylic acids is 2. The summed E-state index contributed by atoms with van der Waals surface area (Å²) in [4.78, 5) is 51.6.